The van der Waals surface area contributed by atoms with Crippen molar-refractivity contribution in [2.45, 2.75) is 12.8 Å². The van der Waals surface area contributed by atoms with E-state index in [1.165, 1.54) is 0 Å². The molecular weight excluding hydrogens is 230 g/mol. The lowest BCUT2D eigenvalue weighted by Gasteiger charge is -2.03. The average Bonchev–Trinajstić information content (AvgIpc) is 2.30. The van der Waals surface area contributed by atoms with Crippen molar-refractivity contribution >= 4 is 23.6 Å². The van der Waals surface area contributed by atoms with Crippen molar-refractivity contribution in [2.24, 2.45) is 5.73 Å². The van der Waals surface area contributed by atoms with Crippen LogP contribution in [0.15, 0.2) is 0 Å². The molecular formula is C9H15N3O5. The normalized spacial score (nSPS) is 9.47. The number of carboxylic acid groups (broad SMARTS) is 1. The summed E-state index contributed by atoms with van der Waals surface area (Å²) >= 11 is 0. The molecule has 0 bridgehead atoms. The topological polar surface area (TPSA) is 139 Å². The predicted octanol–water partition coefficient (Wildman–Crippen LogP) is -2.39. The number of nitrogens with two attached hydrogens (primary N) is 1. The van der Waals surface area contributed by atoms with E-state index in [1.807, 2.05) is 0 Å². The van der Waals surface area contributed by atoms with Crippen LogP contribution in [0.25, 0.3) is 0 Å². The third kappa shape index (κ3) is 9.00. The SMILES string of the molecule is NCC(=O)NCC(=O)CCC(=O)NCC(=O)O. The summed E-state index contributed by atoms with van der Waals surface area (Å²) in [6.45, 7) is -0.856. The molecule has 0 aliphatic heterocycles. The van der Waals surface area contributed by atoms with Crippen molar-refractivity contribution in [3.63, 3.8) is 0 Å². The molecule has 0 saturated heterocycles. The van der Waals surface area contributed by atoms with Crippen molar-refractivity contribution in [3.8, 4) is 0 Å². The molecule has 0 aromatic heterocycles. The van der Waals surface area contributed by atoms with Crippen LogP contribution in [0, 0.1) is 0 Å². The molecule has 0 aromatic rings. The van der Waals surface area contributed by atoms with E-state index in [0.29, 0.717) is 0 Å². The number of rotatable bonds is 8. The van der Waals surface area contributed by atoms with Crippen LogP contribution in [0.1, 0.15) is 12.8 Å². The highest BCUT2D eigenvalue weighted by Gasteiger charge is 2.08. The van der Waals surface area contributed by atoms with Crippen LogP contribution in [-0.4, -0.2) is 48.3 Å². The molecule has 0 aliphatic rings. The summed E-state index contributed by atoms with van der Waals surface area (Å²) in [7, 11) is 0. The van der Waals surface area contributed by atoms with Crippen LogP contribution in [0.3, 0.4) is 0 Å². The minimum absolute atomic E-state index is 0.0592. The zero-order valence-electron chi connectivity index (χ0n) is 9.19. The largest absolute Gasteiger partial charge is 0.480 e. The molecule has 96 valence electrons. The van der Waals surface area contributed by atoms with Crippen molar-refractivity contribution in [1.29, 1.82) is 0 Å². The van der Waals surface area contributed by atoms with Crippen LogP contribution in [-0.2, 0) is 19.2 Å². The quantitative estimate of drug-likeness (QED) is 0.376. The van der Waals surface area contributed by atoms with E-state index < -0.39 is 24.3 Å². The number of hydrogen-bond acceptors (Lipinski definition) is 5. The molecule has 0 rings (SSSR count). The van der Waals surface area contributed by atoms with Gasteiger partial charge in [-0.05, 0) is 0 Å². The van der Waals surface area contributed by atoms with Crippen molar-refractivity contribution in [3.05, 3.63) is 0 Å². The van der Waals surface area contributed by atoms with Crippen molar-refractivity contribution < 1.29 is 24.3 Å². The number of carboxylic acids is 1. The molecule has 0 fully saturated rings. The molecule has 5 N–H and O–H groups in total. The first kappa shape index (κ1) is 15.0. The minimum atomic E-state index is -1.15. The summed E-state index contributed by atoms with van der Waals surface area (Å²) in [5, 5.41) is 12.7. The molecule has 2 amide bonds. The zero-order chi connectivity index (χ0) is 13.3. The van der Waals surface area contributed by atoms with Gasteiger partial charge in [0.1, 0.15) is 6.54 Å². The lowest BCUT2D eigenvalue weighted by Crippen LogP contribution is -2.35. The molecule has 0 aliphatic carbocycles. The Morgan fingerprint density at radius 2 is 1.53 bits per heavy atom. The van der Waals surface area contributed by atoms with Gasteiger partial charge in [0.05, 0.1) is 13.1 Å². The maximum atomic E-state index is 11.2. The number of amides is 2. The highest BCUT2D eigenvalue weighted by Crippen LogP contribution is 1.90. The number of ketones is 1. The Morgan fingerprint density at radius 1 is 0.941 bits per heavy atom. The second kappa shape index (κ2) is 8.22. The zero-order valence-corrected chi connectivity index (χ0v) is 9.19. The van der Waals surface area contributed by atoms with Crippen LogP contribution < -0.4 is 16.4 Å². The molecule has 0 spiro atoms. The highest BCUT2D eigenvalue weighted by molar-refractivity contribution is 5.89. The maximum absolute atomic E-state index is 11.2. The Morgan fingerprint density at radius 3 is 2.06 bits per heavy atom. The molecule has 8 nitrogen and oxygen atoms in total. The molecule has 0 atom stereocenters. The van der Waals surface area contributed by atoms with Gasteiger partial charge in [0.25, 0.3) is 0 Å². The average molecular weight is 245 g/mol. The first-order chi connectivity index (χ1) is 7.95. The van der Waals surface area contributed by atoms with Gasteiger partial charge in [0.15, 0.2) is 5.78 Å². The number of hydrogen-bond donors (Lipinski definition) is 4. The van der Waals surface area contributed by atoms with Crippen LogP contribution >= 0.6 is 0 Å². The molecule has 0 saturated carbocycles. The smallest absolute Gasteiger partial charge is 0.322 e. The fourth-order valence-electron chi connectivity index (χ4n) is 0.873. The summed E-state index contributed by atoms with van der Waals surface area (Å²) in [5.41, 5.74) is 5.01. The van der Waals surface area contributed by atoms with Crippen LogP contribution in [0.4, 0.5) is 0 Å². The van der Waals surface area contributed by atoms with E-state index in [-0.39, 0.29) is 31.7 Å². The van der Waals surface area contributed by atoms with Crippen LogP contribution in [0.5, 0.6) is 0 Å². The van der Waals surface area contributed by atoms with Gasteiger partial charge in [-0.2, -0.15) is 0 Å². The monoisotopic (exact) mass is 245 g/mol. The van der Waals surface area contributed by atoms with Gasteiger partial charge in [-0.1, -0.05) is 0 Å². The van der Waals surface area contributed by atoms with Crippen molar-refractivity contribution in [1.82, 2.24) is 10.6 Å². The number of carbonyl (C=O) groups excluding carboxylic acids is 3. The lowest BCUT2D eigenvalue weighted by molar-refractivity contribution is -0.138. The Hall–Kier alpha value is -1.96. The Kier molecular flexibility index (Phi) is 7.27. The molecule has 8 heteroatoms. The van der Waals surface area contributed by atoms with Gasteiger partial charge in [0.2, 0.25) is 11.8 Å². The number of nitrogens with one attached hydrogen (secondary N) is 2. The molecule has 17 heavy (non-hydrogen) atoms. The minimum Gasteiger partial charge on any atom is -0.480 e. The third-order valence-electron chi connectivity index (χ3n) is 1.74. The maximum Gasteiger partial charge on any atom is 0.322 e. The van der Waals surface area contributed by atoms with E-state index >= 15 is 0 Å². The second-order valence-electron chi connectivity index (χ2n) is 3.19. The number of carbonyl (C=O) groups is 4. The third-order valence-corrected chi connectivity index (χ3v) is 1.74. The highest BCUT2D eigenvalue weighted by atomic mass is 16.4. The summed E-state index contributed by atoms with van der Waals surface area (Å²) in [4.78, 5) is 43.0. The van der Waals surface area contributed by atoms with E-state index in [9.17, 15) is 19.2 Å². The Bertz CT molecular complexity index is 316. The summed E-state index contributed by atoms with van der Waals surface area (Å²) in [6.07, 6.45) is -0.166. The van der Waals surface area contributed by atoms with Gasteiger partial charge in [-0.15, -0.1) is 0 Å². The van der Waals surface area contributed by atoms with E-state index in [4.69, 9.17) is 10.8 Å². The van der Waals surface area contributed by atoms with Crippen molar-refractivity contribution in [2.75, 3.05) is 19.6 Å². The summed E-state index contributed by atoms with van der Waals surface area (Å²) < 4.78 is 0. The first-order valence-corrected chi connectivity index (χ1v) is 4.92. The van der Waals surface area contributed by atoms with E-state index in [0.717, 1.165) is 0 Å². The Balaban J connectivity index is 3.66. The van der Waals surface area contributed by atoms with E-state index in [2.05, 4.69) is 10.6 Å². The molecule has 0 aromatic carbocycles. The van der Waals surface area contributed by atoms with Gasteiger partial charge < -0.3 is 21.5 Å². The fraction of sp³-hybridized carbons (Fsp3) is 0.556. The van der Waals surface area contributed by atoms with Gasteiger partial charge in [-0.3, -0.25) is 19.2 Å². The van der Waals surface area contributed by atoms with Gasteiger partial charge >= 0.3 is 5.97 Å². The van der Waals surface area contributed by atoms with Gasteiger partial charge in [0, 0.05) is 12.8 Å². The fourth-order valence-corrected chi connectivity index (χ4v) is 0.873. The lowest BCUT2D eigenvalue weighted by atomic mass is 10.2. The second-order valence-corrected chi connectivity index (χ2v) is 3.19. The summed E-state index contributed by atoms with van der Waals surface area (Å²) in [6, 6.07) is 0. The standard InChI is InChI=1S/C9H15N3O5/c10-3-8(15)11-4-6(13)1-2-7(14)12-5-9(16)17/h1-5,10H2,(H,11,15)(H,12,14)(H,16,17). The number of Topliss-reactive ketones (excluding diaryl/α,β-unsaturated/α-hetero) is 1. The first-order valence-electron chi connectivity index (χ1n) is 4.92. The Labute approximate surface area is 97.5 Å². The predicted molar refractivity (Wildman–Crippen MR) is 57.0 cm³/mol. The van der Waals surface area contributed by atoms with Gasteiger partial charge in [-0.25, -0.2) is 0 Å². The number of aliphatic carboxylic acids is 1. The summed E-state index contributed by atoms with van der Waals surface area (Å²) in [5.74, 6) is -2.45. The van der Waals surface area contributed by atoms with E-state index in [1.54, 1.807) is 0 Å². The molecule has 0 radical (unpaired) electrons. The van der Waals surface area contributed by atoms with Crippen LogP contribution in [0.2, 0.25) is 0 Å². The molecule has 0 unspecified atom stereocenters. The molecule has 0 heterocycles.